The summed E-state index contributed by atoms with van der Waals surface area (Å²) in [4.78, 5) is 34.9. The number of rotatable bonds is 7. The number of thioether (sulfide) groups is 1. The number of carbonyl (C=O) groups excluding carboxylic acids is 2. The quantitative estimate of drug-likeness (QED) is 0.207. The number of halogens is 3. The molecule has 0 spiro atoms. The third kappa shape index (κ3) is 7.27. The average Bonchev–Trinajstić information content (AvgIpc) is 3.60. The monoisotopic (exact) mass is 607 g/mol. The number of amidine groups is 1. The second-order valence-electron chi connectivity index (χ2n) is 9.25. The highest BCUT2D eigenvalue weighted by Crippen LogP contribution is 2.31. The van der Waals surface area contributed by atoms with Crippen LogP contribution in [0.3, 0.4) is 0 Å². The van der Waals surface area contributed by atoms with Gasteiger partial charge < -0.3 is 4.74 Å². The van der Waals surface area contributed by atoms with E-state index in [0.717, 1.165) is 23.2 Å². The number of carbonyl (C=O) groups is 2. The van der Waals surface area contributed by atoms with Crippen molar-refractivity contribution >= 4 is 40.8 Å². The molecule has 220 valence electrons. The largest absolute Gasteiger partial charge is 0.573 e. The third-order valence-corrected chi connectivity index (χ3v) is 7.12. The number of aliphatic imine (C=N–C) groups is 1. The summed E-state index contributed by atoms with van der Waals surface area (Å²) in [7, 11) is 0. The van der Waals surface area contributed by atoms with Crippen molar-refractivity contribution in [2.45, 2.75) is 26.6 Å². The number of anilines is 1. The lowest BCUT2D eigenvalue weighted by atomic mass is 10.1. The molecule has 10 nitrogen and oxygen atoms in total. The van der Waals surface area contributed by atoms with E-state index in [2.05, 4.69) is 30.3 Å². The Morgan fingerprint density at radius 3 is 2.56 bits per heavy atom. The smallest absolute Gasteiger partial charge is 0.406 e. The zero-order valence-corrected chi connectivity index (χ0v) is 23.7. The maximum absolute atomic E-state index is 12.6. The first-order valence-electron chi connectivity index (χ1n) is 12.9. The fourth-order valence-corrected chi connectivity index (χ4v) is 5.03. The third-order valence-electron chi connectivity index (χ3n) is 6.19. The number of urea groups is 1. The molecule has 0 aliphatic carbocycles. The molecule has 0 radical (unpaired) electrons. The Balaban J connectivity index is 1.21. The SMILES string of the molecule is CCc1ccc(C)cc1N1C(=O)CS/C1=N\C(=O)N/N=C/c1ccc(-c2ncn(-c3ccc(OC(F)(F)F)cc3)n2)cc1. The standard InChI is InChI=1S/C29H24F3N7O3S/c1-3-20-7-4-18(2)14-24(20)39-25(40)16-43-28(39)35-27(41)36-34-15-19-5-8-21(9-6-19)26-33-17-38(37-26)22-10-12-23(13-11-22)42-29(30,31)32/h4-15,17H,3,16H2,1-2H3,(H,36,41)/b34-15+,35-28-. The average molecular weight is 608 g/mol. The summed E-state index contributed by atoms with van der Waals surface area (Å²) in [5.41, 5.74) is 6.93. The van der Waals surface area contributed by atoms with Gasteiger partial charge >= 0.3 is 12.4 Å². The summed E-state index contributed by atoms with van der Waals surface area (Å²) in [6, 6.07) is 17.4. The van der Waals surface area contributed by atoms with Crippen LogP contribution in [0.2, 0.25) is 0 Å². The zero-order valence-electron chi connectivity index (χ0n) is 22.9. The van der Waals surface area contributed by atoms with Crippen LogP contribution in [-0.2, 0) is 11.2 Å². The second kappa shape index (κ2) is 12.5. The number of amides is 3. The van der Waals surface area contributed by atoms with Gasteiger partial charge in [0.05, 0.1) is 23.3 Å². The second-order valence-corrected chi connectivity index (χ2v) is 10.2. The molecule has 0 unspecified atom stereocenters. The summed E-state index contributed by atoms with van der Waals surface area (Å²) in [6.45, 7) is 3.94. The van der Waals surface area contributed by atoms with Gasteiger partial charge in [-0.2, -0.15) is 10.1 Å². The minimum absolute atomic E-state index is 0.145. The first kappa shape index (κ1) is 29.5. The van der Waals surface area contributed by atoms with Crippen LogP contribution < -0.4 is 15.1 Å². The van der Waals surface area contributed by atoms with Gasteiger partial charge in [0.25, 0.3) is 0 Å². The molecule has 1 saturated heterocycles. The highest BCUT2D eigenvalue weighted by Gasteiger charge is 2.32. The summed E-state index contributed by atoms with van der Waals surface area (Å²) in [5.74, 6) is 0.110. The molecule has 1 aliphatic rings. The lowest BCUT2D eigenvalue weighted by Gasteiger charge is -2.19. The Kier molecular flexibility index (Phi) is 8.57. The number of hydrazone groups is 1. The number of benzene rings is 3. The van der Waals surface area contributed by atoms with Crippen LogP contribution in [0.4, 0.5) is 23.7 Å². The zero-order chi connectivity index (χ0) is 30.6. The minimum Gasteiger partial charge on any atom is -0.406 e. The molecular weight excluding hydrogens is 583 g/mol. The molecule has 43 heavy (non-hydrogen) atoms. The topological polar surface area (TPSA) is 114 Å². The van der Waals surface area contributed by atoms with Crippen LogP contribution in [-0.4, -0.2) is 50.2 Å². The lowest BCUT2D eigenvalue weighted by Crippen LogP contribution is -2.31. The van der Waals surface area contributed by atoms with Gasteiger partial charge in [-0.05, 0) is 60.4 Å². The van der Waals surface area contributed by atoms with Gasteiger partial charge in [-0.25, -0.2) is 19.9 Å². The molecule has 1 N–H and O–H groups in total. The molecule has 3 amide bonds. The maximum Gasteiger partial charge on any atom is 0.573 e. The molecule has 3 aromatic carbocycles. The van der Waals surface area contributed by atoms with Crippen LogP contribution in [0.5, 0.6) is 5.75 Å². The summed E-state index contributed by atoms with van der Waals surface area (Å²) >= 11 is 1.19. The number of alkyl halides is 3. The van der Waals surface area contributed by atoms with E-state index in [9.17, 15) is 22.8 Å². The van der Waals surface area contributed by atoms with Crippen molar-refractivity contribution < 1.29 is 27.5 Å². The maximum atomic E-state index is 12.6. The molecule has 2 heterocycles. The first-order valence-corrected chi connectivity index (χ1v) is 13.9. The predicted octanol–water partition coefficient (Wildman–Crippen LogP) is 5.88. The molecule has 1 fully saturated rings. The number of hydrogen-bond donors (Lipinski definition) is 1. The van der Waals surface area contributed by atoms with E-state index < -0.39 is 12.4 Å². The van der Waals surface area contributed by atoms with Crippen molar-refractivity contribution in [3.63, 3.8) is 0 Å². The van der Waals surface area contributed by atoms with Crippen LogP contribution >= 0.6 is 11.8 Å². The summed E-state index contributed by atoms with van der Waals surface area (Å²) in [6.07, 6.45) is -1.15. The van der Waals surface area contributed by atoms with Gasteiger partial charge in [0, 0.05) is 5.56 Å². The van der Waals surface area contributed by atoms with E-state index in [-0.39, 0.29) is 17.4 Å². The highest BCUT2D eigenvalue weighted by molar-refractivity contribution is 8.15. The molecule has 1 aromatic heterocycles. The Morgan fingerprint density at radius 1 is 1.12 bits per heavy atom. The molecule has 1 aliphatic heterocycles. The van der Waals surface area contributed by atoms with Crippen molar-refractivity contribution in [1.82, 2.24) is 20.2 Å². The Labute approximate surface area is 248 Å². The van der Waals surface area contributed by atoms with Crippen molar-refractivity contribution in [2.24, 2.45) is 10.1 Å². The fourth-order valence-electron chi connectivity index (χ4n) is 4.18. The predicted molar refractivity (Wildman–Crippen MR) is 158 cm³/mol. The van der Waals surface area contributed by atoms with Gasteiger partial charge in [0.2, 0.25) is 5.91 Å². The van der Waals surface area contributed by atoms with Crippen LogP contribution in [0.25, 0.3) is 17.1 Å². The van der Waals surface area contributed by atoms with E-state index in [4.69, 9.17) is 0 Å². The van der Waals surface area contributed by atoms with Gasteiger partial charge in [0.15, 0.2) is 11.0 Å². The van der Waals surface area contributed by atoms with E-state index in [1.807, 2.05) is 32.0 Å². The molecule has 0 saturated carbocycles. The number of ether oxygens (including phenoxy) is 1. The van der Waals surface area contributed by atoms with Gasteiger partial charge in [-0.3, -0.25) is 9.69 Å². The molecule has 4 aromatic rings. The van der Waals surface area contributed by atoms with Gasteiger partial charge in [-0.1, -0.05) is 55.1 Å². The fraction of sp³-hybridized carbons (Fsp3) is 0.172. The van der Waals surface area contributed by atoms with Gasteiger partial charge in [-0.15, -0.1) is 18.3 Å². The summed E-state index contributed by atoms with van der Waals surface area (Å²) < 4.78 is 42.5. The molecule has 5 rings (SSSR count). The normalized spacial score (nSPS) is 14.6. The number of hydrogen-bond acceptors (Lipinski definition) is 7. The van der Waals surface area contributed by atoms with E-state index >= 15 is 0 Å². The van der Waals surface area contributed by atoms with Crippen LogP contribution in [0.1, 0.15) is 23.6 Å². The van der Waals surface area contributed by atoms with Crippen molar-refractivity contribution in [3.05, 3.63) is 89.7 Å². The molecule has 0 atom stereocenters. The van der Waals surface area contributed by atoms with Crippen molar-refractivity contribution in [2.75, 3.05) is 10.7 Å². The Hall–Kier alpha value is -4.98. The number of nitrogens with one attached hydrogen (secondary N) is 1. The van der Waals surface area contributed by atoms with E-state index in [1.54, 1.807) is 24.3 Å². The minimum atomic E-state index is -4.77. The first-order chi connectivity index (χ1) is 20.6. The van der Waals surface area contributed by atoms with Crippen molar-refractivity contribution in [1.29, 1.82) is 0 Å². The lowest BCUT2D eigenvalue weighted by molar-refractivity contribution is -0.274. The van der Waals surface area contributed by atoms with E-state index in [1.165, 1.54) is 58.2 Å². The Morgan fingerprint density at radius 2 is 1.86 bits per heavy atom. The molecule has 14 heteroatoms. The Bertz CT molecular complexity index is 1700. The molecule has 0 bridgehead atoms. The van der Waals surface area contributed by atoms with Crippen LogP contribution in [0.15, 0.2) is 83.2 Å². The molecular formula is C29H24F3N7O3S. The van der Waals surface area contributed by atoms with Crippen LogP contribution in [0, 0.1) is 6.92 Å². The van der Waals surface area contributed by atoms with Gasteiger partial charge in [0.1, 0.15) is 12.1 Å². The number of aromatic nitrogens is 3. The number of aryl methyl sites for hydroxylation is 2. The summed E-state index contributed by atoms with van der Waals surface area (Å²) in [5, 5.41) is 8.63. The highest BCUT2D eigenvalue weighted by atomic mass is 32.2. The van der Waals surface area contributed by atoms with Crippen molar-refractivity contribution in [3.8, 4) is 22.8 Å². The number of nitrogens with zero attached hydrogens (tertiary/aromatic N) is 6. The van der Waals surface area contributed by atoms with E-state index in [0.29, 0.717) is 27.8 Å².